The molecule has 0 aliphatic heterocycles. The molecule has 0 aromatic carbocycles. The summed E-state index contributed by atoms with van der Waals surface area (Å²) in [5, 5.41) is 3.25. The molecule has 0 heterocycles. The van der Waals surface area contributed by atoms with Crippen LogP contribution in [0.3, 0.4) is 0 Å². The summed E-state index contributed by atoms with van der Waals surface area (Å²) >= 11 is 0. The predicted molar refractivity (Wildman–Crippen MR) is 249 cm³/mol. The summed E-state index contributed by atoms with van der Waals surface area (Å²) in [6.07, 6.45) is 13.4. The molecule has 0 rings (SSSR count). The first-order valence-electron chi connectivity index (χ1n) is 21.6. The van der Waals surface area contributed by atoms with Crippen molar-refractivity contribution in [3.63, 3.8) is 0 Å². The highest BCUT2D eigenvalue weighted by Gasteiger charge is 2.44. The van der Waals surface area contributed by atoms with Gasteiger partial charge in [-0.3, -0.25) is 4.79 Å². The third kappa shape index (κ3) is 30.6. The minimum absolute atomic E-state index is 0.0826. The van der Waals surface area contributed by atoms with Crippen LogP contribution in [0.25, 0.3) is 0 Å². The minimum atomic E-state index is -2.10. The van der Waals surface area contributed by atoms with Gasteiger partial charge in [0.05, 0.1) is 43.2 Å². The molecule has 8 nitrogen and oxygen atoms in total. The van der Waals surface area contributed by atoms with Crippen LogP contribution in [0.4, 0.5) is 0 Å². The summed E-state index contributed by atoms with van der Waals surface area (Å²) in [7, 11) is -11.6. The first-order chi connectivity index (χ1) is 24.3. The van der Waals surface area contributed by atoms with Crippen LogP contribution in [0.2, 0.25) is 118 Å². The van der Waals surface area contributed by atoms with E-state index in [4.69, 9.17) is 26.6 Å². The van der Waals surface area contributed by atoms with E-state index >= 15 is 0 Å². The smallest absolute Gasteiger partial charge is 0.217 e. The number of hydrogen-bond donors (Lipinski definition) is 1. The highest BCUT2D eigenvalue weighted by molar-refractivity contribution is 6.71. The van der Waals surface area contributed by atoms with Crippen molar-refractivity contribution in [3.05, 3.63) is 0 Å². The van der Waals surface area contributed by atoms with Gasteiger partial charge >= 0.3 is 0 Å². The van der Waals surface area contributed by atoms with Crippen molar-refractivity contribution in [2.24, 2.45) is 0 Å². The number of unbranched alkanes of at least 4 members (excludes halogenated alkanes) is 7. The van der Waals surface area contributed by atoms with Gasteiger partial charge in [-0.1, -0.05) is 64.7 Å². The molecule has 0 aromatic heterocycles. The molecule has 0 radical (unpaired) electrons. The average molecular weight is 869 g/mol. The van der Waals surface area contributed by atoms with Gasteiger partial charge in [-0.2, -0.15) is 0 Å². The van der Waals surface area contributed by atoms with Gasteiger partial charge in [0.15, 0.2) is 49.9 Å². The molecular weight excluding hydrogens is 775 g/mol. The molecule has 0 bridgehead atoms. The SMILES string of the molecule is CCCCCCCCC(O[Si](C)(C)C)C(CCCCCC(O[Si](C)(C)C)C(O[Si](C)(C)C)C(O[Si](C)(C)C)C(CO[Si](C)(C)C)NC(C)=O)O[Si](C)(C)C. The van der Waals surface area contributed by atoms with Crippen LogP contribution in [0.15, 0.2) is 0 Å². The van der Waals surface area contributed by atoms with Crippen molar-refractivity contribution >= 4 is 55.8 Å². The first kappa shape index (κ1) is 54.5. The average Bonchev–Trinajstić information content (AvgIpc) is 2.93. The molecule has 0 saturated heterocycles. The second kappa shape index (κ2) is 24.6. The summed E-state index contributed by atoms with van der Waals surface area (Å²) in [6, 6.07) is -0.343. The van der Waals surface area contributed by atoms with E-state index in [9.17, 15) is 4.79 Å². The Bertz CT molecular complexity index is 1010. The van der Waals surface area contributed by atoms with Gasteiger partial charge in [0, 0.05) is 6.92 Å². The zero-order valence-electron chi connectivity index (χ0n) is 39.5. The maximum absolute atomic E-state index is 12.7. The fourth-order valence-corrected chi connectivity index (χ4v) is 13.1. The van der Waals surface area contributed by atoms with Crippen LogP contribution in [0.1, 0.15) is 90.9 Å². The standard InChI is InChI=1S/C40H93NO7Si6/c1-21-22-23-24-25-27-30-36(44-50(6,7)8)37(45-51(9,10)11)31-28-26-29-32-38(46-52(12,13)14)40(48-54(18,19)20)39(47-53(15,16)17)35(41-34(2)42)33-43-49(3,4)5/h35-40H,21-33H2,1-20H3,(H,41,42). The molecule has 14 heteroatoms. The van der Waals surface area contributed by atoms with Gasteiger partial charge in [-0.05, 0) is 137 Å². The quantitative estimate of drug-likeness (QED) is 0.0549. The van der Waals surface area contributed by atoms with Crippen LogP contribution in [-0.4, -0.2) is 99.0 Å². The number of rotatable bonds is 31. The van der Waals surface area contributed by atoms with E-state index in [2.05, 4.69) is 130 Å². The normalized spacial score (nSPS) is 17.2. The second-order valence-corrected chi connectivity index (χ2v) is 48.4. The Balaban J connectivity index is 6.44. The number of amides is 1. The number of nitrogens with one attached hydrogen (secondary N) is 1. The molecule has 54 heavy (non-hydrogen) atoms. The second-order valence-electron chi connectivity index (χ2n) is 21.6. The van der Waals surface area contributed by atoms with Crippen molar-refractivity contribution in [1.82, 2.24) is 5.32 Å². The Morgan fingerprint density at radius 1 is 0.444 bits per heavy atom. The maximum atomic E-state index is 12.7. The van der Waals surface area contributed by atoms with Gasteiger partial charge in [-0.25, -0.2) is 0 Å². The van der Waals surface area contributed by atoms with Crippen molar-refractivity contribution in [2.75, 3.05) is 6.61 Å². The van der Waals surface area contributed by atoms with Crippen molar-refractivity contribution in [1.29, 1.82) is 0 Å². The Morgan fingerprint density at radius 3 is 1.15 bits per heavy atom. The first-order valence-corrected chi connectivity index (χ1v) is 42.1. The molecule has 0 aliphatic rings. The lowest BCUT2D eigenvalue weighted by Gasteiger charge is -2.45. The topological polar surface area (TPSA) is 84.5 Å². The molecule has 6 atom stereocenters. The zero-order chi connectivity index (χ0) is 42.2. The van der Waals surface area contributed by atoms with E-state index in [0.29, 0.717) is 6.61 Å². The summed E-state index contributed by atoms with van der Waals surface area (Å²) in [5.74, 6) is -0.0826. The lowest BCUT2D eigenvalue weighted by Crippen LogP contribution is -2.61. The van der Waals surface area contributed by atoms with E-state index < -0.39 is 49.9 Å². The minimum Gasteiger partial charge on any atom is -0.415 e. The molecule has 0 spiro atoms. The lowest BCUT2D eigenvalue weighted by atomic mass is 9.96. The predicted octanol–water partition coefficient (Wildman–Crippen LogP) is 12.1. The van der Waals surface area contributed by atoms with Gasteiger partial charge in [0.1, 0.15) is 0 Å². The summed E-state index contributed by atoms with van der Waals surface area (Å²) in [6.45, 7) is 44.9. The Labute approximate surface area is 342 Å². The summed E-state index contributed by atoms with van der Waals surface area (Å²) in [4.78, 5) is 12.7. The molecule has 0 aliphatic carbocycles. The summed E-state index contributed by atoms with van der Waals surface area (Å²) < 4.78 is 41.7. The van der Waals surface area contributed by atoms with Crippen LogP contribution in [0, 0.1) is 0 Å². The van der Waals surface area contributed by atoms with Crippen LogP contribution < -0.4 is 5.32 Å². The zero-order valence-corrected chi connectivity index (χ0v) is 45.5. The fraction of sp³-hybridized carbons (Fsp3) is 0.975. The fourth-order valence-electron chi connectivity index (χ4n) is 6.66. The van der Waals surface area contributed by atoms with Crippen LogP contribution in [0.5, 0.6) is 0 Å². The molecule has 324 valence electrons. The monoisotopic (exact) mass is 868 g/mol. The van der Waals surface area contributed by atoms with Crippen molar-refractivity contribution in [3.8, 4) is 0 Å². The third-order valence-corrected chi connectivity index (χ3v) is 14.4. The number of carbonyl (C=O) groups is 1. The molecule has 1 amide bonds. The molecule has 1 N–H and O–H groups in total. The van der Waals surface area contributed by atoms with Crippen LogP contribution in [-0.2, 0) is 31.4 Å². The lowest BCUT2D eigenvalue weighted by molar-refractivity contribution is -0.122. The largest absolute Gasteiger partial charge is 0.415 e. The van der Waals surface area contributed by atoms with E-state index in [1.54, 1.807) is 6.92 Å². The molecular formula is C40H93NO7Si6. The molecule has 6 unspecified atom stereocenters. The number of carbonyl (C=O) groups excluding carboxylic acids is 1. The molecule has 0 saturated carbocycles. The van der Waals surface area contributed by atoms with Gasteiger partial charge < -0.3 is 31.9 Å². The van der Waals surface area contributed by atoms with Gasteiger partial charge in [0.2, 0.25) is 5.91 Å². The highest BCUT2D eigenvalue weighted by Crippen LogP contribution is 2.30. The van der Waals surface area contributed by atoms with E-state index in [-0.39, 0.29) is 42.5 Å². The maximum Gasteiger partial charge on any atom is 0.217 e. The molecule has 0 fully saturated rings. The number of hydrogen-bond acceptors (Lipinski definition) is 7. The van der Waals surface area contributed by atoms with Crippen molar-refractivity contribution in [2.45, 2.75) is 245 Å². The Hall–Kier alpha value is 0.531. The Kier molecular flexibility index (Phi) is 24.8. The third-order valence-electron chi connectivity index (χ3n) is 8.40. The van der Waals surface area contributed by atoms with E-state index in [1.165, 1.54) is 38.5 Å². The summed E-state index contributed by atoms with van der Waals surface area (Å²) in [5.41, 5.74) is 0. The Morgan fingerprint density at radius 2 is 0.778 bits per heavy atom. The van der Waals surface area contributed by atoms with E-state index in [0.717, 1.165) is 38.5 Å². The van der Waals surface area contributed by atoms with Crippen LogP contribution >= 0.6 is 0 Å². The van der Waals surface area contributed by atoms with Gasteiger partial charge in [0.25, 0.3) is 0 Å². The highest BCUT2D eigenvalue weighted by atomic mass is 28.4. The molecule has 0 aromatic rings. The van der Waals surface area contributed by atoms with Gasteiger partial charge in [-0.15, -0.1) is 0 Å². The van der Waals surface area contributed by atoms with E-state index in [1.807, 2.05) is 0 Å². The van der Waals surface area contributed by atoms with Crippen molar-refractivity contribution < 1.29 is 31.4 Å².